The lowest BCUT2D eigenvalue weighted by molar-refractivity contribution is -0.118. The van der Waals surface area contributed by atoms with Crippen molar-refractivity contribution in [1.29, 1.82) is 0 Å². The molecule has 1 amide bonds. The molecule has 10 heteroatoms. The predicted octanol–water partition coefficient (Wildman–Crippen LogP) is 7.05. The number of hydrogen-bond acceptors (Lipinski definition) is 7. The van der Waals surface area contributed by atoms with Crippen LogP contribution in [0.3, 0.4) is 0 Å². The molecule has 0 saturated heterocycles. The van der Waals surface area contributed by atoms with Gasteiger partial charge in [0.05, 0.1) is 35.3 Å². The smallest absolute Gasteiger partial charge is 0.250 e. The molecule has 1 heterocycles. The maximum Gasteiger partial charge on any atom is 0.250 e. The second kappa shape index (κ2) is 13.7. The van der Waals surface area contributed by atoms with Crippen molar-refractivity contribution < 1.29 is 14.3 Å². The molecular formula is C24H25BrClN3O3S2. The SMILES string of the molecule is CCCCOc1c(Br)cc(/C=N/NC(=O)CSc2nc(-c3ccc(Cl)cc3)cs2)cc1OCC. The number of ether oxygens (including phenoxy) is 2. The molecular weight excluding hydrogens is 558 g/mol. The van der Waals surface area contributed by atoms with Gasteiger partial charge in [0.1, 0.15) is 0 Å². The van der Waals surface area contributed by atoms with E-state index in [1.165, 1.54) is 23.1 Å². The molecule has 0 spiro atoms. The van der Waals surface area contributed by atoms with Gasteiger partial charge in [-0.05, 0) is 59.1 Å². The molecule has 0 aliphatic heterocycles. The summed E-state index contributed by atoms with van der Waals surface area (Å²) < 4.78 is 13.2. The van der Waals surface area contributed by atoms with Crippen molar-refractivity contribution in [3.05, 3.63) is 56.8 Å². The molecule has 34 heavy (non-hydrogen) atoms. The molecule has 0 fully saturated rings. The number of benzene rings is 2. The van der Waals surface area contributed by atoms with Gasteiger partial charge < -0.3 is 9.47 Å². The zero-order chi connectivity index (χ0) is 24.3. The fraction of sp³-hybridized carbons (Fsp3) is 0.292. The summed E-state index contributed by atoms with van der Waals surface area (Å²) in [6, 6.07) is 11.2. The van der Waals surface area contributed by atoms with Gasteiger partial charge in [0.2, 0.25) is 0 Å². The van der Waals surface area contributed by atoms with E-state index in [2.05, 4.69) is 38.4 Å². The minimum Gasteiger partial charge on any atom is -0.490 e. The van der Waals surface area contributed by atoms with Gasteiger partial charge in [0.25, 0.3) is 5.91 Å². The summed E-state index contributed by atoms with van der Waals surface area (Å²) in [5.74, 6) is 1.31. The zero-order valence-electron chi connectivity index (χ0n) is 18.8. The summed E-state index contributed by atoms with van der Waals surface area (Å²) in [5.41, 5.74) is 5.18. The Labute approximate surface area is 221 Å². The van der Waals surface area contributed by atoms with Crippen LogP contribution < -0.4 is 14.9 Å². The summed E-state index contributed by atoms with van der Waals surface area (Å²) >= 11 is 12.3. The molecule has 0 aliphatic rings. The first kappa shape index (κ1) is 26.5. The van der Waals surface area contributed by atoms with E-state index in [0.717, 1.165) is 38.5 Å². The summed E-state index contributed by atoms with van der Waals surface area (Å²) in [4.78, 5) is 16.8. The first-order valence-electron chi connectivity index (χ1n) is 10.8. The number of carbonyl (C=O) groups is 1. The summed E-state index contributed by atoms with van der Waals surface area (Å²) in [7, 11) is 0. The van der Waals surface area contributed by atoms with Gasteiger partial charge in [0.15, 0.2) is 15.8 Å². The Balaban J connectivity index is 1.53. The van der Waals surface area contributed by atoms with Gasteiger partial charge in [-0.15, -0.1) is 11.3 Å². The molecule has 180 valence electrons. The average Bonchev–Trinajstić information content (AvgIpc) is 3.29. The Morgan fingerprint density at radius 3 is 2.79 bits per heavy atom. The number of hydrazone groups is 1. The second-order valence-corrected chi connectivity index (χ2v) is 10.4. The van der Waals surface area contributed by atoms with Crippen LogP contribution in [0.25, 0.3) is 11.3 Å². The number of nitrogens with one attached hydrogen (secondary N) is 1. The van der Waals surface area contributed by atoms with Gasteiger partial charge in [-0.25, -0.2) is 10.4 Å². The average molecular weight is 583 g/mol. The summed E-state index contributed by atoms with van der Waals surface area (Å²) in [6.07, 6.45) is 3.60. The topological polar surface area (TPSA) is 72.8 Å². The van der Waals surface area contributed by atoms with Crippen LogP contribution in [-0.4, -0.2) is 36.1 Å². The number of hydrogen-bond donors (Lipinski definition) is 1. The highest BCUT2D eigenvalue weighted by molar-refractivity contribution is 9.10. The second-order valence-electron chi connectivity index (χ2n) is 7.05. The normalized spacial score (nSPS) is 11.1. The van der Waals surface area contributed by atoms with E-state index >= 15 is 0 Å². The molecule has 6 nitrogen and oxygen atoms in total. The van der Waals surface area contributed by atoms with Crippen LogP contribution in [-0.2, 0) is 4.79 Å². The standard InChI is InChI=1S/C24H25BrClN3O3S2/c1-3-5-10-32-23-19(25)11-16(12-21(23)31-4-2)13-27-29-22(30)15-34-24-28-20(14-33-24)17-6-8-18(26)9-7-17/h6-9,11-14H,3-5,10,15H2,1-2H3,(H,29,30)/b27-13+. The third-order valence-electron chi connectivity index (χ3n) is 4.43. The van der Waals surface area contributed by atoms with E-state index in [4.69, 9.17) is 21.1 Å². The van der Waals surface area contributed by atoms with Crippen molar-refractivity contribution in [2.75, 3.05) is 19.0 Å². The van der Waals surface area contributed by atoms with E-state index in [-0.39, 0.29) is 11.7 Å². The molecule has 2 aromatic carbocycles. The Morgan fingerprint density at radius 2 is 2.06 bits per heavy atom. The van der Waals surface area contributed by atoms with E-state index in [9.17, 15) is 4.79 Å². The van der Waals surface area contributed by atoms with Crippen molar-refractivity contribution >= 4 is 62.8 Å². The maximum atomic E-state index is 12.2. The van der Waals surface area contributed by atoms with Crippen LogP contribution in [0.4, 0.5) is 0 Å². The number of halogens is 2. The summed E-state index contributed by atoms with van der Waals surface area (Å²) in [5, 5.41) is 6.72. The number of thiazole rings is 1. The molecule has 0 aliphatic carbocycles. The Kier molecular flexibility index (Phi) is 10.7. The predicted molar refractivity (Wildman–Crippen MR) is 145 cm³/mol. The molecule has 0 bridgehead atoms. The minimum atomic E-state index is -0.215. The lowest BCUT2D eigenvalue weighted by Crippen LogP contribution is -2.19. The van der Waals surface area contributed by atoms with E-state index in [1.807, 2.05) is 48.7 Å². The minimum absolute atomic E-state index is 0.211. The molecule has 3 rings (SSSR count). The first-order chi connectivity index (χ1) is 16.5. The van der Waals surface area contributed by atoms with Gasteiger partial charge in [-0.2, -0.15) is 5.10 Å². The summed E-state index contributed by atoms with van der Waals surface area (Å²) in [6.45, 7) is 5.17. The molecule has 0 radical (unpaired) electrons. The van der Waals surface area contributed by atoms with Crippen molar-refractivity contribution in [3.63, 3.8) is 0 Å². The molecule has 0 unspecified atom stereocenters. The van der Waals surface area contributed by atoms with Crippen LogP contribution in [0.5, 0.6) is 11.5 Å². The lowest BCUT2D eigenvalue weighted by Gasteiger charge is -2.14. The number of carbonyl (C=O) groups excluding carboxylic acids is 1. The highest BCUT2D eigenvalue weighted by atomic mass is 79.9. The highest BCUT2D eigenvalue weighted by Crippen LogP contribution is 2.36. The first-order valence-corrected chi connectivity index (χ1v) is 13.8. The van der Waals surface area contributed by atoms with Gasteiger partial charge in [-0.3, -0.25) is 4.79 Å². The van der Waals surface area contributed by atoms with Crippen LogP contribution in [0, 0.1) is 0 Å². The van der Waals surface area contributed by atoms with E-state index in [0.29, 0.717) is 29.7 Å². The maximum absolute atomic E-state index is 12.2. The van der Waals surface area contributed by atoms with Gasteiger partial charge in [-0.1, -0.05) is 48.8 Å². The van der Waals surface area contributed by atoms with Gasteiger partial charge in [0, 0.05) is 16.0 Å². The van der Waals surface area contributed by atoms with Crippen molar-refractivity contribution in [2.45, 2.75) is 31.0 Å². The van der Waals surface area contributed by atoms with Gasteiger partial charge >= 0.3 is 0 Å². The zero-order valence-corrected chi connectivity index (χ0v) is 22.8. The van der Waals surface area contributed by atoms with Crippen LogP contribution in [0.15, 0.2) is 55.7 Å². The Hall–Kier alpha value is -2.07. The molecule has 0 atom stereocenters. The number of unbranched alkanes of at least 4 members (excludes halogenated alkanes) is 1. The fourth-order valence-corrected chi connectivity index (χ4v) is 5.13. The molecule has 1 aromatic heterocycles. The number of amides is 1. The fourth-order valence-electron chi connectivity index (χ4n) is 2.80. The lowest BCUT2D eigenvalue weighted by atomic mass is 10.2. The van der Waals surface area contributed by atoms with Crippen LogP contribution in [0.1, 0.15) is 32.3 Å². The van der Waals surface area contributed by atoms with Crippen molar-refractivity contribution in [2.24, 2.45) is 5.10 Å². The molecule has 1 N–H and O–H groups in total. The van der Waals surface area contributed by atoms with Crippen LogP contribution in [0.2, 0.25) is 5.02 Å². The monoisotopic (exact) mass is 581 g/mol. The van der Waals surface area contributed by atoms with E-state index in [1.54, 1.807) is 6.21 Å². The molecule has 3 aromatic rings. The Bertz CT molecular complexity index is 1120. The molecule has 0 saturated carbocycles. The third kappa shape index (κ3) is 8.01. The van der Waals surface area contributed by atoms with Crippen molar-refractivity contribution in [3.8, 4) is 22.8 Å². The third-order valence-corrected chi connectivity index (χ3v) is 7.29. The van der Waals surface area contributed by atoms with Crippen molar-refractivity contribution in [1.82, 2.24) is 10.4 Å². The quantitative estimate of drug-likeness (QED) is 0.107. The van der Waals surface area contributed by atoms with E-state index < -0.39 is 0 Å². The number of thioether (sulfide) groups is 1. The highest BCUT2D eigenvalue weighted by Gasteiger charge is 2.12. The number of rotatable bonds is 12. The Morgan fingerprint density at radius 1 is 1.26 bits per heavy atom. The number of nitrogens with zero attached hydrogens (tertiary/aromatic N) is 2. The number of aromatic nitrogens is 1. The largest absolute Gasteiger partial charge is 0.490 e. The van der Waals surface area contributed by atoms with Crippen LogP contribution >= 0.6 is 50.6 Å².